The second kappa shape index (κ2) is 9.74. The van der Waals surface area contributed by atoms with Crippen molar-refractivity contribution < 1.29 is 8.42 Å². The predicted molar refractivity (Wildman–Crippen MR) is 130 cm³/mol. The Bertz CT molecular complexity index is 1130. The van der Waals surface area contributed by atoms with Gasteiger partial charge in [0, 0.05) is 43.8 Å². The van der Waals surface area contributed by atoms with Crippen molar-refractivity contribution in [1.29, 1.82) is 0 Å². The van der Waals surface area contributed by atoms with E-state index in [1.54, 1.807) is 10.9 Å². The van der Waals surface area contributed by atoms with Gasteiger partial charge in [-0.2, -0.15) is 0 Å². The van der Waals surface area contributed by atoms with Gasteiger partial charge >= 0.3 is 0 Å². The van der Waals surface area contributed by atoms with Crippen molar-refractivity contribution in [1.82, 2.24) is 14.9 Å². The van der Waals surface area contributed by atoms with Crippen molar-refractivity contribution in [3.8, 4) is 0 Å². The number of anilines is 2. The Morgan fingerprint density at radius 2 is 1.94 bits per heavy atom. The van der Waals surface area contributed by atoms with Crippen LogP contribution in [0.4, 0.5) is 11.6 Å². The van der Waals surface area contributed by atoms with Crippen LogP contribution in [0.15, 0.2) is 58.4 Å². The van der Waals surface area contributed by atoms with Crippen LogP contribution in [0, 0.1) is 0 Å². The van der Waals surface area contributed by atoms with Gasteiger partial charge in [-0.3, -0.25) is 9.62 Å². The van der Waals surface area contributed by atoms with Crippen molar-refractivity contribution in [2.24, 2.45) is 0 Å². The summed E-state index contributed by atoms with van der Waals surface area (Å²) in [6.07, 6.45) is 3.31. The van der Waals surface area contributed by atoms with Crippen molar-refractivity contribution in [3.05, 3.63) is 64.1 Å². The number of benzene rings is 1. The van der Waals surface area contributed by atoms with Gasteiger partial charge in [0.05, 0.1) is 10.5 Å². The van der Waals surface area contributed by atoms with E-state index >= 15 is 0 Å². The molecule has 0 radical (unpaired) electrons. The quantitative estimate of drug-likeness (QED) is 0.518. The highest BCUT2D eigenvalue weighted by atomic mass is 35.5. The molecule has 1 fully saturated rings. The van der Waals surface area contributed by atoms with Gasteiger partial charge < -0.3 is 4.90 Å². The summed E-state index contributed by atoms with van der Waals surface area (Å²) in [5.41, 5.74) is 2.89. The zero-order valence-corrected chi connectivity index (χ0v) is 20.4. The molecule has 10 heteroatoms. The number of halogens is 1. The summed E-state index contributed by atoms with van der Waals surface area (Å²) < 4.78 is 27.6. The minimum atomic E-state index is -3.79. The Morgan fingerprint density at radius 1 is 1.22 bits per heavy atom. The van der Waals surface area contributed by atoms with Crippen LogP contribution in [0.2, 0.25) is 5.02 Å². The Kier molecular flexibility index (Phi) is 6.99. The maximum Gasteiger partial charge on any atom is 0.264 e. The lowest BCUT2D eigenvalue weighted by Crippen LogP contribution is -2.44. The molecule has 0 aliphatic carbocycles. The van der Waals surface area contributed by atoms with E-state index in [4.69, 9.17) is 11.6 Å². The summed E-state index contributed by atoms with van der Waals surface area (Å²) in [6.45, 7) is 4.20. The van der Waals surface area contributed by atoms with Gasteiger partial charge in [-0.1, -0.05) is 41.9 Å². The largest absolute Gasteiger partial charge is 0.355 e. The molecule has 1 aliphatic heterocycles. The third-order valence-corrected chi connectivity index (χ3v) is 8.18. The van der Waals surface area contributed by atoms with Crippen LogP contribution in [0.3, 0.4) is 0 Å². The Labute approximate surface area is 198 Å². The van der Waals surface area contributed by atoms with Gasteiger partial charge in [0.2, 0.25) is 0 Å². The lowest BCUT2D eigenvalue weighted by atomic mass is 9.99. The molecule has 1 N–H and O–H groups in total. The van der Waals surface area contributed by atoms with Crippen molar-refractivity contribution in [3.63, 3.8) is 0 Å². The average molecular weight is 492 g/mol. The number of pyridine rings is 1. The molecule has 1 unspecified atom stereocenters. The fourth-order valence-corrected chi connectivity index (χ4v) is 5.95. The van der Waals surface area contributed by atoms with E-state index in [0.717, 1.165) is 25.9 Å². The summed E-state index contributed by atoms with van der Waals surface area (Å²) in [7, 11) is -1.83. The molecule has 3 aromatic rings. The Hall–Kier alpha value is -2.20. The number of hydrogen-bond acceptors (Lipinski definition) is 7. The lowest BCUT2D eigenvalue weighted by Gasteiger charge is -2.40. The number of likely N-dealkylation sites (tertiary alicyclic amines) is 1. The molecule has 0 spiro atoms. The van der Waals surface area contributed by atoms with Crippen LogP contribution in [0.1, 0.15) is 31.4 Å². The molecule has 1 saturated heterocycles. The molecule has 32 heavy (non-hydrogen) atoms. The summed E-state index contributed by atoms with van der Waals surface area (Å²) in [5.74, 6) is 0.873. The maximum absolute atomic E-state index is 12.6. The van der Waals surface area contributed by atoms with Gasteiger partial charge in [0.1, 0.15) is 10.7 Å². The molecule has 7 nitrogen and oxygen atoms in total. The average Bonchev–Trinajstić information content (AvgIpc) is 3.31. The van der Waals surface area contributed by atoms with E-state index in [-0.39, 0.29) is 16.8 Å². The summed E-state index contributed by atoms with van der Waals surface area (Å²) in [5, 5.41) is 1.94. The summed E-state index contributed by atoms with van der Waals surface area (Å²) in [6, 6.07) is 12.7. The second-order valence-corrected chi connectivity index (χ2v) is 10.7. The van der Waals surface area contributed by atoms with E-state index in [1.807, 2.05) is 13.1 Å². The first-order chi connectivity index (χ1) is 15.3. The minimum Gasteiger partial charge on any atom is -0.355 e. The minimum absolute atomic E-state index is 0.0131. The maximum atomic E-state index is 12.6. The number of sulfonamides is 1. The van der Waals surface area contributed by atoms with Gasteiger partial charge in [0.25, 0.3) is 10.0 Å². The monoisotopic (exact) mass is 491 g/mol. The number of nitrogens with zero attached hydrogens (tertiary/aromatic N) is 4. The topological polar surface area (TPSA) is 78.4 Å². The first kappa shape index (κ1) is 23.0. The third kappa shape index (κ3) is 5.06. The normalized spacial score (nSPS) is 16.6. The Morgan fingerprint density at radius 3 is 2.56 bits per heavy atom. The van der Waals surface area contributed by atoms with Gasteiger partial charge in [-0.05, 0) is 31.4 Å². The van der Waals surface area contributed by atoms with Crippen LogP contribution >= 0.6 is 22.9 Å². The second-order valence-electron chi connectivity index (χ2n) is 7.92. The van der Waals surface area contributed by atoms with E-state index in [0.29, 0.717) is 16.9 Å². The third-order valence-electron chi connectivity index (χ3n) is 5.99. The molecule has 1 aromatic carbocycles. The van der Waals surface area contributed by atoms with Crippen molar-refractivity contribution in [2.75, 3.05) is 29.8 Å². The molecule has 1 atom stereocenters. The highest BCUT2D eigenvalue weighted by Gasteiger charge is 2.28. The summed E-state index contributed by atoms with van der Waals surface area (Å²) in [4.78, 5) is 12.9. The number of aromatic nitrogens is 2. The van der Waals surface area contributed by atoms with Crippen LogP contribution in [-0.4, -0.2) is 49.5 Å². The van der Waals surface area contributed by atoms with E-state index in [9.17, 15) is 8.42 Å². The number of nitrogens with one attached hydrogen (secondary N) is 1. The number of piperidine rings is 1. The van der Waals surface area contributed by atoms with Gasteiger partial charge in [0.15, 0.2) is 5.82 Å². The van der Waals surface area contributed by atoms with E-state index in [2.05, 4.69) is 55.7 Å². The van der Waals surface area contributed by atoms with Crippen LogP contribution in [0.5, 0.6) is 0 Å². The predicted octanol–water partition coefficient (Wildman–Crippen LogP) is 4.65. The molecular weight excluding hydrogens is 466 g/mol. The molecule has 170 valence electrons. The smallest absolute Gasteiger partial charge is 0.264 e. The lowest BCUT2D eigenvalue weighted by molar-refractivity contribution is 0.161. The molecule has 4 rings (SSSR count). The fraction of sp³-hybridized carbons (Fsp3) is 0.364. The molecule has 3 heterocycles. The molecule has 0 saturated carbocycles. The van der Waals surface area contributed by atoms with Crippen molar-refractivity contribution in [2.45, 2.75) is 36.7 Å². The molecule has 1 aliphatic rings. The van der Waals surface area contributed by atoms with Gasteiger partial charge in [-0.25, -0.2) is 18.4 Å². The molecular formula is C22H26ClN5O2S2. The highest BCUT2D eigenvalue weighted by molar-refractivity contribution is 7.92. The van der Waals surface area contributed by atoms with Crippen LogP contribution < -0.4 is 9.62 Å². The standard InChI is InChI=1S/C22H26ClN5O2S2/c1-16(17-6-4-3-5-7-17)28-10-8-18(9-11-28)27(2)22-20(23)12-19(13-24-22)32(29,30)26-21-14-31-15-25-21/h3-7,12-16,18,26H,8-11H2,1-2H3. The van der Waals surface area contributed by atoms with Crippen LogP contribution in [-0.2, 0) is 10.0 Å². The highest BCUT2D eigenvalue weighted by Crippen LogP contribution is 2.31. The molecule has 2 aromatic heterocycles. The summed E-state index contributed by atoms with van der Waals surface area (Å²) >= 11 is 7.78. The zero-order valence-electron chi connectivity index (χ0n) is 18.0. The first-order valence-electron chi connectivity index (χ1n) is 10.4. The molecule has 0 amide bonds. The van der Waals surface area contributed by atoms with E-state index in [1.165, 1.54) is 29.2 Å². The Balaban J connectivity index is 1.41. The molecule has 0 bridgehead atoms. The van der Waals surface area contributed by atoms with Crippen molar-refractivity contribution >= 4 is 44.6 Å². The first-order valence-corrected chi connectivity index (χ1v) is 13.2. The number of thiazole rings is 1. The fourth-order valence-electron chi connectivity index (χ4n) is 4.05. The SMILES string of the molecule is CC(c1ccccc1)N1CCC(N(C)c2ncc(S(=O)(=O)Nc3cscn3)cc2Cl)CC1. The van der Waals surface area contributed by atoms with E-state index < -0.39 is 10.0 Å². The number of rotatable bonds is 7. The van der Waals surface area contributed by atoms with Gasteiger partial charge in [-0.15, -0.1) is 11.3 Å². The van der Waals surface area contributed by atoms with Crippen LogP contribution in [0.25, 0.3) is 0 Å². The number of hydrogen-bond donors (Lipinski definition) is 1. The zero-order chi connectivity index (χ0) is 22.7.